The van der Waals surface area contributed by atoms with Crippen LogP contribution in [0.4, 0.5) is 0 Å². The molecule has 1 saturated heterocycles. The van der Waals surface area contributed by atoms with Gasteiger partial charge in [0, 0.05) is 11.4 Å². The second-order valence-corrected chi connectivity index (χ2v) is 3.86. The molecule has 1 atom stereocenters. The van der Waals surface area contributed by atoms with Crippen LogP contribution in [0.2, 0.25) is 0 Å². The average Bonchev–Trinajstić information content (AvgIpc) is 2.31. The summed E-state index contributed by atoms with van der Waals surface area (Å²) in [5.41, 5.74) is 0. The molecule has 11 heavy (non-hydrogen) atoms. The molecule has 0 aromatic rings. The lowest BCUT2D eigenvalue weighted by atomic mass is 10.2. The molecule has 1 rings (SSSR count). The molecule has 3 heteroatoms. The van der Waals surface area contributed by atoms with Crippen LogP contribution < -0.4 is 0 Å². The lowest BCUT2D eigenvalue weighted by Gasteiger charge is -2.19. The summed E-state index contributed by atoms with van der Waals surface area (Å²) >= 11 is 3.45. The molecule has 0 aromatic heterocycles. The van der Waals surface area contributed by atoms with Crippen LogP contribution >= 0.6 is 32.9 Å². The highest BCUT2D eigenvalue weighted by molar-refractivity contribution is 9.09. The molecule has 1 nitrogen and oxygen atoms in total. The second kappa shape index (κ2) is 6.44. The van der Waals surface area contributed by atoms with Crippen molar-refractivity contribution in [3.8, 4) is 0 Å². The van der Waals surface area contributed by atoms with E-state index < -0.39 is 0 Å². The summed E-state index contributed by atoms with van der Waals surface area (Å²) in [6.45, 7) is 4.95. The van der Waals surface area contributed by atoms with Gasteiger partial charge in [-0.05, 0) is 39.3 Å². The number of alkyl halides is 1. The first-order valence-electron chi connectivity index (χ1n) is 4.14. The van der Waals surface area contributed by atoms with Crippen LogP contribution in [-0.2, 0) is 0 Å². The van der Waals surface area contributed by atoms with Gasteiger partial charge in [0.15, 0.2) is 0 Å². The number of hydrogen-bond acceptors (Lipinski definition) is 1. The molecule has 0 saturated carbocycles. The van der Waals surface area contributed by atoms with E-state index in [1.165, 1.54) is 32.4 Å². The first kappa shape index (κ1) is 11.9. The van der Waals surface area contributed by atoms with Gasteiger partial charge in [0.2, 0.25) is 0 Å². The van der Waals surface area contributed by atoms with E-state index in [1.54, 1.807) is 0 Å². The lowest BCUT2D eigenvalue weighted by Crippen LogP contribution is -2.27. The van der Waals surface area contributed by atoms with Crippen molar-refractivity contribution in [1.82, 2.24) is 4.90 Å². The first-order chi connectivity index (χ1) is 4.84. The monoisotopic (exact) mass is 285 g/mol. The Kier molecular flexibility index (Phi) is 6.98. The van der Waals surface area contributed by atoms with E-state index in [1.807, 2.05) is 0 Å². The highest BCUT2D eigenvalue weighted by atomic mass is 79.9. The highest BCUT2D eigenvalue weighted by Crippen LogP contribution is 2.16. The fourth-order valence-electron chi connectivity index (χ4n) is 1.59. The van der Waals surface area contributed by atoms with Gasteiger partial charge in [-0.25, -0.2) is 0 Å². The number of halogens is 2. The zero-order valence-corrected chi connectivity index (χ0v) is 10.4. The van der Waals surface area contributed by atoms with Crippen LogP contribution in [0.3, 0.4) is 0 Å². The number of rotatable bonds is 3. The normalized spacial score (nSPS) is 25.1. The summed E-state index contributed by atoms with van der Waals surface area (Å²) in [6.07, 6.45) is 4.11. The van der Waals surface area contributed by atoms with E-state index in [-0.39, 0.29) is 17.0 Å². The molecule has 0 amide bonds. The molecular formula is C8H17Br2N. The Bertz CT molecular complexity index is 98.1. The quantitative estimate of drug-likeness (QED) is 0.721. The Balaban J connectivity index is 0.000001000. The molecule has 1 heterocycles. The predicted molar refractivity (Wildman–Crippen MR) is 59.0 cm³/mol. The average molecular weight is 287 g/mol. The van der Waals surface area contributed by atoms with Crippen LogP contribution in [0, 0.1) is 0 Å². The van der Waals surface area contributed by atoms with E-state index in [0.29, 0.717) is 0 Å². The number of likely N-dealkylation sites (tertiary alicyclic amines) is 1. The van der Waals surface area contributed by atoms with E-state index >= 15 is 0 Å². The SMILES string of the molecule is Br.C[C@@H]1CCCN1CCCBr. The van der Waals surface area contributed by atoms with Crippen molar-refractivity contribution >= 4 is 32.9 Å². The van der Waals surface area contributed by atoms with Crippen molar-refractivity contribution in [2.45, 2.75) is 32.2 Å². The van der Waals surface area contributed by atoms with Gasteiger partial charge in [-0.2, -0.15) is 0 Å². The minimum Gasteiger partial charge on any atom is -0.301 e. The van der Waals surface area contributed by atoms with E-state index in [9.17, 15) is 0 Å². The third kappa shape index (κ3) is 3.90. The highest BCUT2D eigenvalue weighted by Gasteiger charge is 2.18. The second-order valence-electron chi connectivity index (χ2n) is 3.07. The van der Waals surface area contributed by atoms with Gasteiger partial charge in [0.25, 0.3) is 0 Å². The Morgan fingerprint density at radius 1 is 1.55 bits per heavy atom. The molecule has 0 bridgehead atoms. The van der Waals surface area contributed by atoms with Crippen LogP contribution in [0.15, 0.2) is 0 Å². The minimum atomic E-state index is 0. The van der Waals surface area contributed by atoms with Gasteiger partial charge in [-0.1, -0.05) is 15.9 Å². The Labute approximate surface area is 88.4 Å². The smallest absolute Gasteiger partial charge is 0.00674 e. The van der Waals surface area contributed by atoms with Crippen LogP contribution in [-0.4, -0.2) is 29.4 Å². The largest absolute Gasteiger partial charge is 0.301 e. The maximum absolute atomic E-state index is 3.45. The zero-order valence-electron chi connectivity index (χ0n) is 7.05. The summed E-state index contributed by atoms with van der Waals surface area (Å²) in [5.74, 6) is 0. The van der Waals surface area contributed by atoms with E-state index in [2.05, 4.69) is 27.8 Å². The van der Waals surface area contributed by atoms with Gasteiger partial charge < -0.3 is 4.90 Å². The maximum Gasteiger partial charge on any atom is 0.00674 e. The molecular weight excluding hydrogens is 270 g/mol. The Morgan fingerprint density at radius 3 is 2.73 bits per heavy atom. The fraction of sp³-hybridized carbons (Fsp3) is 1.00. The Hall–Kier alpha value is 0.920. The van der Waals surface area contributed by atoms with Crippen LogP contribution in [0.5, 0.6) is 0 Å². The van der Waals surface area contributed by atoms with Crippen molar-refractivity contribution in [1.29, 1.82) is 0 Å². The van der Waals surface area contributed by atoms with Crippen molar-refractivity contribution in [3.63, 3.8) is 0 Å². The predicted octanol–water partition coefficient (Wildman–Crippen LogP) is 2.83. The molecule has 68 valence electrons. The third-order valence-corrected chi connectivity index (χ3v) is 2.83. The van der Waals surface area contributed by atoms with Gasteiger partial charge in [0.1, 0.15) is 0 Å². The molecule has 0 N–H and O–H groups in total. The summed E-state index contributed by atoms with van der Waals surface area (Å²) in [5, 5.41) is 1.15. The molecule has 0 aromatic carbocycles. The standard InChI is InChI=1S/C8H16BrN.BrH/c1-8-4-2-6-10(8)7-3-5-9;/h8H,2-7H2,1H3;1H/t8-;/m1./s1. The first-order valence-corrected chi connectivity index (χ1v) is 5.26. The maximum atomic E-state index is 3.45. The molecule has 1 aliphatic heterocycles. The summed E-state index contributed by atoms with van der Waals surface area (Å²) in [7, 11) is 0. The summed E-state index contributed by atoms with van der Waals surface area (Å²) < 4.78 is 0. The molecule has 0 aliphatic carbocycles. The molecule has 0 unspecified atom stereocenters. The van der Waals surface area contributed by atoms with Crippen molar-refractivity contribution < 1.29 is 0 Å². The van der Waals surface area contributed by atoms with Crippen molar-refractivity contribution in [2.24, 2.45) is 0 Å². The topological polar surface area (TPSA) is 3.24 Å². The number of nitrogens with zero attached hydrogens (tertiary/aromatic N) is 1. The number of hydrogen-bond donors (Lipinski definition) is 0. The third-order valence-electron chi connectivity index (χ3n) is 2.27. The summed E-state index contributed by atoms with van der Waals surface area (Å²) in [6, 6.07) is 0.846. The van der Waals surface area contributed by atoms with Gasteiger partial charge >= 0.3 is 0 Å². The molecule has 0 radical (unpaired) electrons. The summed E-state index contributed by atoms with van der Waals surface area (Å²) in [4.78, 5) is 2.58. The zero-order chi connectivity index (χ0) is 7.40. The molecule has 1 aliphatic rings. The van der Waals surface area contributed by atoms with Gasteiger partial charge in [0.05, 0.1) is 0 Å². The van der Waals surface area contributed by atoms with Crippen molar-refractivity contribution in [2.75, 3.05) is 18.4 Å². The van der Waals surface area contributed by atoms with Crippen LogP contribution in [0.25, 0.3) is 0 Å². The van der Waals surface area contributed by atoms with E-state index in [4.69, 9.17) is 0 Å². The Morgan fingerprint density at radius 2 is 2.27 bits per heavy atom. The fourth-order valence-corrected chi connectivity index (χ4v) is 1.84. The molecule has 0 spiro atoms. The lowest BCUT2D eigenvalue weighted by molar-refractivity contribution is 0.270. The molecule has 1 fully saturated rings. The van der Waals surface area contributed by atoms with Crippen LogP contribution in [0.1, 0.15) is 26.2 Å². The minimum absolute atomic E-state index is 0. The van der Waals surface area contributed by atoms with Gasteiger partial charge in [-0.3, -0.25) is 0 Å². The van der Waals surface area contributed by atoms with Gasteiger partial charge in [-0.15, -0.1) is 17.0 Å². The van der Waals surface area contributed by atoms with E-state index in [0.717, 1.165) is 11.4 Å². The van der Waals surface area contributed by atoms with Crippen molar-refractivity contribution in [3.05, 3.63) is 0 Å².